The number of aliphatic carboxylic acids is 1. The number of hydrogen-bond donors (Lipinski definition) is 1. The third-order valence-electron chi connectivity index (χ3n) is 2.36. The van der Waals surface area contributed by atoms with E-state index in [-0.39, 0.29) is 0 Å². The van der Waals surface area contributed by atoms with E-state index in [0.29, 0.717) is 17.4 Å². The van der Waals surface area contributed by atoms with Gasteiger partial charge in [0.15, 0.2) is 6.04 Å². The highest BCUT2D eigenvalue weighted by Crippen LogP contribution is 2.21. The molecule has 1 heterocycles. The van der Waals surface area contributed by atoms with Crippen molar-refractivity contribution in [1.82, 2.24) is 0 Å². The van der Waals surface area contributed by atoms with Crippen LogP contribution in [-0.4, -0.2) is 48.3 Å². The van der Waals surface area contributed by atoms with E-state index in [0.717, 1.165) is 0 Å². The van der Waals surface area contributed by atoms with E-state index in [2.05, 4.69) is 0 Å². The maximum atomic E-state index is 10.5. The highest BCUT2D eigenvalue weighted by Gasteiger charge is 2.42. The summed E-state index contributed by atoms with van der Waals surface area (Å²) in [6.07, 6.45) is -0.193. The zero-order valence-corrected chi connectivity index (χ0v) is 6.78. The van der Waals surface area contributed by atoms with Gasteiger partial charge in [-0.25, -0.2) is 0 Å². The summed E-state index contributed by atoms with van der Waals surface area (Å²) in [7, 11) is 3.58. The molecule has 1 aliphatic heterocycles. The lowest BCUT2D eigenvalue weighted by molar-refractivity contribution is -0.897. The lowest BCUT2D eigenvalue weighted by Crippen LogP contribution is -2.56. The van der Waals surface area contributed by atoms with Gasteiger partial charge in [0.2, 0.25) is 0 Å². The second-order valence-electron chi connectivity index (χ2n) is 3.62. The first-order chi connectivity index (χ1) is 4.95. The first-order valence-electron chi connectivity index (χ1n) is 3.67. The molecule has 0 spiro atoms. The molecule has 1 saturated heterocycles. The molecule has 0 aromatic carbocycles. The van der Waals surface area contributed by atoms with Gasteiger partial charge in [-0.05, 0) is 0 Å². The van der Waals surface area contributed by atoms with Crippen LogP contribution >= 0.6 is 0 Å². The summed E-state index contributed by atoms with van der Waals surface area (Å²) >= 11 is 0. The number of carbonyl (C=O) groups excluding carboxylic acids is 1. The number of rotatable bonds is 1. The van der Waals surface area contributed by atoms with E-state index in [1.54, 1.807) is 14.1 Å². The zero-order valence-electron chi connectivity index (χ0n) is 6.78. The van der Waals surface area contributed by atoms with Gasteiger partial charge in [0.25, 0.3) is 0 Å². The van der Waals surface area contributed by atoms with Crippen LogP contribution in [0.2, 0.25) is 0 Å². The van der Waals surface area contributed by atoms with Crippen LogP contribution < -0.4 is 5.11 Å². The Hall–Kier alpha value is -0.610. The lowest BCUT2D eigenvalue weighted by atomic mass is 10.1. The maximum absolute atomic E-state index is 10.5. The Morgan fingerprint density at radius 1 is 1.64 bits per heavy atom. The van der Waals surface area contributed by atoms with E-state index in [1.165, 1.54) is 0 Å². The van der Waals surface area contributed by atoms with E-state index in [4.69, 9.17) is 0 Å². The van der Waals surface area contributed by atoms with Crippen molar-refractivity contribution in [3.05, 3.63) is 0 Å². The summed E-state index contributed by atoms with van der Waals surface area (Å²) in [6.45, 7) is 0.694. The minimum Gasteiger partial charge on any atom is -0.544 e. The first kappa shape index (κ1) is 8.49. The molecule has 1 N–H and O–H groups in total. The van der Waals surface area contributed by atoms with Crippen LogP contribution in [0.5, 0.6) is 0 Å². The number of carboxylic acids is 1. The second kappa shape index (κ2) is 2.46. The molecule has 4 heteroatoms. The van der Waals surface area contributed by atoms with Gasteiger partial charge < -0.3 is 19.5 Å². The van der Waals surface area contributed by atoms with Crippen molar-refractivity contribution in [2.75, 3.05) is 20.6 Å². The number of aliphatic hydroxyl groups excluding tert-OH is 1. The van der Waals surface area contributed by atoms with E-state index in [9.17, 15) is 15.0 Å². The molecule has 0 aromatic heterocycles. The van der Waals surface area contributed by atoms with Gasteiger partial charge in [0, 0.05) is 6.42 Å². The van der Waals surface area contributed by atoms with Gasteiger partial charge in [0.05, 0.1) is 20.6 Å². The minimum absolute atomic E-state index is 0.323. The van der Waals surface area contributed by atoms with Gasteiger partial charge >= 0.3 is 0 Å². The van der Waals surface area contributed by atoms with Crippen LogP contribution in [0.25, 0.3) is 0 Å². The van der Waals surface area contributed by atoms with Crippen LogP contribution in [0.3, 0.4) is 0 Å². The number of quaternary nitrogens is 1. The molecular weight excluding hydrogens is 146 g/mol. The van der Waals surface area contributed by atoms with Crippen molar-refractivity contribution in [1.29, 1.82) is 0 Å². The highest BCUT2D eigenvalue weighted by molar-refractivity contribution is 5.70. The first-order valence-corrected chi connectivity index (χ1v) is 3.67. The lowest BCUT2D eigenvalue weighted by Gasteiger charge is -2.32. The van der Waals surface area contributed by atoms with Gasteiger partial charge in [-0.15, -0.1) is 0 Å². The molecule has 11 heavy (non-hydrogen) atoms. The van der Waals surface area contributed by atoms with Gasteiger partial charge in [0.1, 0.15) is 12.1 Å². The SMILES string of the molecule is C[N+]1(C)CCC(O)C1C(=O)[O-]. The van der Waals surface area contributed by atoms with Gasteiger partial charge in [-0.1, -0.05) is 0 Å². The summed E-state index contributed by atoms with van der Waals surface area (Å²) < 4.78 is 0.323. The predicted molar refractivity (Wildman–Crippen MR) is 36.4 cm³/mol. The number of hydrogen-bond acceptors (Lipinski definition) is 3. The fraction of sp³-hybridized carbons (Fsp3) is 0.857. The van der Waals surface area contributed by atoms with E-state index in [1.807, 2.05) is 0 Å². The molecule has 0 aromatic rings. The van der Waals surface area contributed by atoms with Crippen molar-refractivity contribution < 1.29 is 19.5 Å². The number of likely N-dealkylation sites (N-methyl/N-ethyl adjacent to an activating group) is 1. The Bertz CT molecular complexity index is 179. The Balaban J connectivity index is 2.80. The Morgan fingerprint density at radius 2 is 2.18 bits per heavy atom. The summed E-state index contributed by atoms with van der Waals surface area (Å²) in [5, 5.41) is 19.8. The summed E-state index contributed by atoms with van der Waals surface area (Å²) in [6, 6.07) is -0.755. The average Bonchev–Trinajstić information content (AvgIpc) is 2.06. The molecular formula is C7H13NO3. The van der Waals surface area contributed by atoms with Crippen molar-refractivity contribution in [2.24, 2.45) is 0 Å². The maximum Gasteiger partial charge on any atom is 0.155 e. The smallest absolute Gasteiger partial charge is 0.155 e. The fourth-order valence-electron chi connectivity index (χ4n) is 1.67. The Labute approximate surface area is 65.6 Å². The summed E-state index contributed by atoms with van der Waals surface area (Å²) in [5.74, 6) is -1.15. The van der Waals surface area contributed by atoms with Crippen LogP contribution in [0.15, 0.2) is 0 Å². The molecule has 1 rings (SSSR count). The Morgan fingerprint density at radius 3 is 2.36 bits per heavy atom. The van der Waals surface area contributed by atoms with Crippen molar-refractivity contribution >= 4 is 5.97 Å². The minimum atomic E-state index is -1.15. The third kappa shape index (κ3) is 1.36. The molecule has 0 saturated carbocycles. The number of likely N-dealkylation sites (tertiary alicyclic amines) is 1. The summed E-state index contributed by atoms with van der Waals surface area (Å²) in [4.78, 5) is 10.5. The van der Waals surface area contributed by atoms with E-state index < -0.39 is 18.1 Å². The monoisotopic (exact) mass is 159 g/mol. The molecule has 64 valence electrons. The van der Waals surface area contributed by atoms with Crippen molar-refractivity contribution in [3.63, 3.8) is 0 Å². The topological polar surface area (TPSA) is 60.4 Å². The number of carboxylic acid groups (broad SMARTS) is 1. The van der Waals surface area contributed by atoms with Crippen LogP contribution in [0, 0.1) is 0 Å². The molecule has 0 radical (unpaired) electrons. The van der Waals surface area contributed by atoms with Crippen LogP contribution in [0.4, 0.5) is 0 Å². The molecule has 0 bridgehead atoms. The van der Waals surface area contributed by atoms with E-state index >= 15 is 0 Å². The molecule has 2 atom stereocenters. The van der Waals surface area contributed by atoms with Crippen molar-refractivity contribution in [2.45, 2.75) is 18.6 Å². The zero-order chi connectivity index (χ0) is 8.65. The number of aliphatic hydroxyl groups is 1. The van der Waals surface area contributed by atoms with Crippen LogP contribution in [-0.2, 0) is 4.79 Å². The molecule has 1 fully saturated rings. The molecule has 1 aliphatic rings. The molecule has 0 aliphatic carbocycles. The number of nitrogens with zero attached hydrogens (tertiary/aromatic N) is 1. The third-order valence-corrected chi connectivity index (χ3v) is 2.36. The Kier molecular flexibility index (Phi) is 1.90. The van der Waals surface area contributed by atoms with Crippen molar-refractivity contribution in [3.8, 4) is 0 Å². The molecule has 2 unspecified atom stereocenters. The average molecular weight is 159 g/mol. The number of carbonyl (C=O) groups is 1. The highest BCUT2D eigenvalue weighted by atomic mass is 16.4. The van der Waals surface area contributed by atoms with Gasteiger partial charge in [-0.3, -0.25) is 0 Å². The molecule has 0 amide bonds. The molecule has 4 nitrogen and oxygen atoms in total. The quantitative estimate of drug-likeness (QED) is 0.448. The second-order valence-corrected chi connectivity index (χ2v) is 3.62. The standard InChI is InChI=1S/C7H13NO3/c1-8(2)4-3-5(9)6(8)7(10)11/h5-6,9H,3-4H2,1-2H3. The summed E-state index contributed by atoms with van der Waals surface area (Å²) in [5.41, 5.74) is 0. The normalized spacial score (nSPS) is 35.5. The van der Waals surface area contributed by atoms with Gasteiger partial charge in [-0.2, -0.15) is 0 Å². The largest absolute Gasteiger partial charge is 0.544 e. The predicted octanol–water partition coefficient (Wildman–Crippen LogP) is -2.05. The fourth-order valence-corrected chi connectivity index (χ4v) is 1.67. The van der Waals surface area contributed by atoms with Crippen LogP contribution in [0.1, 0.15) is 6.42 Å².